The summed E-state index contributed by atoms with van der Waals surface area (Å²) >= 11 is 0. The first-order valence-electron chi connectivity index (χ1n) is 6.86. The SMILES string of the molecule is CCc1nnc(C)cc1C(=O)NC(C)(CN)C1CC1.Cl. The van der Waals surface area contributed by atoms with Crippen LogP contribution in [-0.4, -0.2) is 28.2 Å². The Kier molecular flexibility index (Phi) is 5.48. The highest BCUT2D eigenvalue weighted by atomic mass is 35.5. The van der Waals surface area contributed by atoms with Gasteiger partial charge in [0.1, 0.15) is 0 Å². The van der Waals surface area contributed by atoms with Crippen LogP contribution >= 0.6 is 12.4 Å². The minimum atomic E-state index is -0.306. The Morgan fingerprint density at radius 3 is 2.65 bits per heavy atom. The molecule has 0 aliphatic heterocycles. The zero-order chi connectivity index (χ0) is 14.0. The van der Waals surface area contributed by atoms with Crippen molar-refractivity contribution in [1.82, 2.24) is 15.5 Å². The van der Waals surface area contributed by atoms with Crippen LogP contribution in [0.2, 0.25) is 0 Å². The van der Waals surface area contributed by atoms with Crippen LogP contribution in [0.5, 0.6) is 0 Å². The Morgan fingerprint density at radius 1 is 1.50 bits per heavy atom. The first-order chi connectivity index (χ1) is 9.00. The number of nitrogens with zero attached hydrogens (tertiary/aromatic N) is 2. The summed E-state index contributed by atoms with van der Waals surface area (Å²) in [7, 11) is 0. The lowest BCUT2D eigenvalue weighted by atomic mass is 9.95. The number of amides is 1. The molecule has 1 aliphatic carbocycles. The molecule has 1 unspecified atom stereocenters. The molecule has 6 heteroatoms. The Morgan fingerprint density at radius 2 is 2.15 bits per heavy atom. The fourth-order valence-electron chi connectivity index (χ4n) is 2.34. The second-order valence-electron chi connectivity index (χ2n) is 5.55. The van der Waals surface area contributed by atoms with Gasteiger partial charge in [-0.3, -0.25) is 4.79 Å². The van der Waals surface area contributed by atoms with Crippen LogP contribution in [0, 0.1) is 12.8 Å². The van der Waals surface area contributed by atoms with Gasteiger partial charge < -0.3 is 11.1 Å². The molecule has 0 saturated heterocycles. The summed E-state index contributed by atoms with van der Waals surface area (Å²) in [5.74, 6) is 0.414. The molecule has 112 valence electrons. The molecule has 1 saturated carbocycles. The molecule has 1 aliphatic rings. The van der Waals surface area contributed by atoms with E-state index in [1.165, 1.54) is 0 Å². The summed E-state index contributed by atoms with van der Waals surface area (Å²) in [6.45, 7) is 6.30. The summed E-state index contributed by atoms with van der Waals surface area (Å²) in [6.07, 6.45) is 2.98. The van der Waals surface area contributed by atoms with Gasteiger partial charge in [-0.1, -0.05) is 6.92 Å². The van der Waals surface area contributed by atoms with Crippen LogP contribution in [0.25, 0.3) is 0 Å². The highest BCUT2D eigenvalue weighted by Crippen LogP contribution is 2.39. The Labute approximate surface area is 126 Å². The number of carbonyl (C=O) groups excluding carboxylic acids is 1. The number of nitrogens with two attached hydrogens (primary N) is 1. The number of rotatable bonds is 5. The van der Waals surface area contributed by atoms with E-state index in [2.05, 4.69) is 15.5 Å². The summed E-state index contributed by atoms with van der Waals surface area (Å²) in [5.41, 5.74) is 7.63. The normalized spacial score (nSPS) is 17.0. The van der Waals surface area contributed by atoms with Crippen LogP contribution in [0.1, 0.15) is 48.4 Å². The quantitative estimate of drug-likeness (QED) is 0.865. The maximum absolute atomic E-state index is 12.4. The second-order valence-corrected chi connectivity index (χ2v) is 5.55. The summed E-state index contributed by atoms with van der Waals surface area (Å²) in [4.78, 5) is 12.4. The highest BCUT2D eigenvalue weighted by molar-refractivity contribution is 5.95. The molecule has 1 amide bonds. The van der Waals surface area contributed by atoms with Crippen LogP contribution < -0.4 is 11.1 Å². The fraction of sp³-hybridized carbons (Fsp3) is 0.643. The molecule has 1 atom stereocenters. The predicted molar refractivity (Wildman–Crippen MR) is 81.0 cm³/mol. The molecule has 3 N–H and O–H groups in total. The summed E-state index contributed by atoms with van der Waals surface area (Å²) < 4.78 is 0. The van der Waals surface area contributed by atoms with E-state index in [1.54, 1.807) is 6.07 Å². The van der Waals surface area contributed by atoms with Gasteiger partial charge in [0.05, 0.1) is 22.5 Å². The van der Waals surface area contributed by atoms with Crippen molar-refractivity contribution in [1.29, 1.82) is 0 Å². The summed E-state index contributed by atoms with van der Waals surface area (Å²) in [5, 5.41) is 11.2. The molecule has 0 radical (unpaired) electrons. The largest absolute Gasteiger partial charge is 0.345 e. The third-order valence-electron chi connectivity index (χ3n) is 3.87. The van der Waals surface area contributed by atoms with Crippen molar-refractivity contribution in [2.24, 2.45) is 11.7 Å². The number of nitrogens with one attached hydrogen (secondary N) is 1. The lowest BCUT2D eigenvalue weighted by Gasteiger charge is -2.29. The highest BCUT2D eigenvalue weighted by Gasteiger charge is 2.41. The van der Waals surface area contributed by atoms with Gasteiger partial charge in [0.15, 0.2) is 0 Å². The number of aryl methyl sites for hydroxylation is 2. The van der Waals surface area contributed by atoms with E-state index in [1.807, 2.05) is 20.8 Å². The van der Waals surface area contributed by atoms with Crippen molar-refractivity contribution in [2.45, 2.75) is 45.6 Å². The second kappa shape index (κ2) is 6.50. The topological polar surface area (TPSA) is 80.9 Å². The molecular formula is C14H23ClN4O. The molecule has 5 nitrogen and oxygen atoms in total. The van der Waals surface area contributed by atoms with E-state index in [9.17, 15) is 4.79 Å². The van der Waals surface area contributed by atoms with E-state index in [4.69, 9.17) is 5.73 Å². The average Bonchev–Trinajstić information content (AvgIpc) is 3.23. The average molecular weight is 299 g/mol. The maximum atomic E-state index is 12.4. The predicted octanol–water partition coefficient (Wildman–Crippen LogP) is 1.63. The molecule has 0 aromatic carbocycles. The first kappa shape index (κ1) is 16.9. The Bertz CT molecular complexity index is 490. The molecule has 20 heavy (non-hydrogen) atoms. The van der Waals surface area contributed by atoms with Gasteiger partial charge in [0.2, 0.25) is 0 Å². The lowest BCUT2D eigenvalue weighted by molar-refractivity contribution is 0.0896. The zero-order valence-corrected chi connectivity index (χ0v) is 13.1. The van der Waals surface area contributed by atoms with Gasteiger partial charge in [-0.25, -0.2) is 0 Å². The number of carbonyl (C=O) groups is 1. The maximum Gasteiger partial charge on any atom is 0.253 e. The number of halogens is 1. The van der Waals surface area contributed by atoms with Crippen molar-refractivity contribution in [2.75, 3.05) is 6.54 Å². The van der Waals surface area contributed by atoms with Crippen LogP contribution in [0.3, 0.4) is 0 Å². The third kappa shape index (κ3) is 3.46. The van der Waals surface area contributed by atoms with Gasteiger partial charge in [0.25, 0.3) is 5.91 Å². The number of hydrogen-bond donors (Lipinski definition) is 2. The van der Waals surface area contributed by atoms with Crippen molar-refractivity contribution < 1.29 is 4.79 Å². The van der Waals surface area contributed by atoms with Crippen LogP contribution in [0.15, 0.2) is 6.07 Å². The molecule has 1 aromatic heterocycles. The monoisotopic (exact) mass is 298 g/mol. The molecule has 1 fully saturated rings. The van der Waals surface area contributed by atoms with Gasteiger partial charge in [-0.05, 0) is 45.1 Å². The minimum Gasteiger partial charge on any atom is -0.345 e. The fourth-order valence-corrected chi connectivity index (χ4v) is 2.34. The van der Waals surface area contributed by atoms with E-state index >= 15 is 0 Å². The van der Waals surface area contributed by atoms with Crippen LogP contribution in [-0.2, 0) is 6.42 Å². The molecule has 0 bridgehead atoms. The lowest BCUT2D eigenvalue weighted by Crippen LogP contribution is -2.53. The van der Waals surface area contributed by atoms with E-state index in [0.717, 1.165) is 24.2 Å². The van der Waals surface area contributed by atoms with Crippen molar-refractivity contribution in [3.63, 3.8) is 0 Å². The van der Waals surface area contributed by atoms with Crippen LogP contribution in [0.4, 0.5) is 0 Å². The minimum absolute atomic E-state index is 0. The van der Waals surface area contributed by atoms with Gasteiger partial charge in [-0.15, -0.1) is 12.4 Å². The van der Waals surface area contributed by atoms with Crippen molar-refractivity contribution in [3.05, 3.63) is 23.0 Å². The molecule has 1 heterocycles. The molecule has 1 aromatic rings. The standard InChI is InChI=1S/C14H22N4O.ClH/c1-4-12-11(7-9(2)17-18-12)13(19)16-14(3,8-15)10-5-6-10;/h7,10H,4-6,8,15H2,1-3H3,(H,16,19);1H. The van der Waals surface area contributed by atoms with Crippen molar-refractivity contribution in [3.8, 4) is 0 Å². The van der Waals surface area contributed by atoms with E-state index in [-0.39, 0.29) is 23.9 Å². The van der Waals surface area contributed by atoms with Gasteiger partial charge >= 0.3 is 0 Å². The van der Waals surface area contributed by atoms with Gasteiger partial charge in [0, 0.05) is 6.54 Å². The number of aromatic nitrogens is 2. The zero-order valence-electron chi connectivity index (χ0n) is 12.3. The first-order valence-corrected chi connectivity index (χ1v) is 6.86. The summed E-state index contributed by atoms with van der Waals surface area (Å²) in [6, 6.07) is 1.80. The van der Waals surface area contributed by atoms with E-state index in [0.29, 0.717) is 24.4 Å². The van der Waals surface area contributed by atoms with E-state index < -0.39 is 0 Å². The molecule has 2 rings (SSSR count). The molecular weight excluding hydrogens is 276 g/mol. The van der Waals surface area contributed by atoms with Crippen molar-refractivity contribution >= 4 is 18.3 Å². The van der Waals surface area contributed by atoms with Gasteiger partial charge in [-0.2, -0.15) is 10.2 Å². The molecule has 0 spiro atoms. The Hall–Kier alpha value is -1.20. The Balaban J connectivity index is 0.00000200. The number of hydrogen-bond acceptors (Lipinski definition) is 4. The smallest absolute Gasteiger partial charge is 0.253 e. The third-order valence-corrected chi connectivity index (χ3v) is 3.87.